The lowest BCUT2D eigenvalue weighted by Gasteiger charge is -2.28. The van der Waals surface area contributed by atoms with Crippen molar-refractivity contribution < 1.29 is 31.5 Å². The predicted molar refractivity (Wildman–Crippen MR) is 115 cm³/mol. The minimum atomic E-state index is -4.89. The van der Waals surface area contributed by atoms with Gasteiger partial charge in [0.2, 0.25) is 5.91 Å². The summed E-state index contributed by atoms with van der Waals surface area (Å²) in [6.45, 7) is 4.31. The molecule has 0 aliphatic carbocycles. The number of nitrogens with zero attached hydrogens (tertiary/aromatic N) is 3. The van der Waals surface area contributed by atoms with Crippen LogP contribution >= 0.6 is 0 Å². The Balaban J connectivity index is 1.83. The van der Waals surface area contributed by atoms with Gasteiger partial charge in [-0.3, -0.25) is 4.79 Å². The number of hydrogen-bond acceptors (Lipinski definition) is 5. The molecule has 2 aromatic carbocycles. The average Bonchev–Trinajstić information content (AvgIpc) is 3.23. The highest BCUT2D eigenvalue weighted by atomic mass is 19.4. The number of fused-ring (bicyclic) bond motifs is 1. The van der Waals surface area contributed by atoms with Gasteiger partial charge in [0.15, 0.2) is 17.5 Å². The molecule has 34 heavy (non-hydrogen) atoms. The molecule has 1 aromatic heterocycles. The molecular weight excluding hydrogens is 459 g/mol. The highest BCUT2D eigenvalue weighted by Crippen LogP contribution is 2.39. The second-order valence-electron chi connectivity index (χ2n) is 8.74. The van der Waals surface area contributed by atoms with E-state index in [0.717, 1.165) is 24.3 Å². The smallest absolute Gasteiger partial charge is 0.406 e. The first-order chi connectivity index (χ1) is 15.8. The Hall–Kier alpha value is -3.50. The van der Waals surface area contributed by atoms with Crippen molar-refractivity contribution in [2.45, 2.75) is 26.6 Å². The van der Waals surface area contributed by atoms with Gasteiger partial charge in [-0.2, -0.15) is 0 Å². The van der Waals surface area contributed by atoms with Crippen molar-refractivity contribution in [1.82, 2.24) is 9.97 Å². The van der Waals surface area contributed by atoms with Crippen LogP contribution in [0.25, 0.3) is 22.3 Å². The van der Waals surface area contributed by atoms with Crippen LogP contribution in [0.1, 0.15) is 20.3 Å². The van der Waals surface area contributed by atoms with Crippen molar-refractivity contribution in [3.63, 3.8) is 0 Å². The Labute approximate surface area is 191 Å². The molecular formula is C23H21F5N4O2. The molecule has 1 saturated heterocycles. The molecule has 1 amide bonds. The van der Waals surface area contributed by atoms with E-state index in [1.54, 1.807) is 13.8 Å². The molecule has 0 radical (unpaired) electrons. The monoisotopic (exact) mass is 480 g/mol. The van der Waals surface area contributed by atoms with Crippen LogP contribution in [0.3, 0.4) is 0 Å². The first kappa shape index (κ1) is 23.7. The number of nitrogens with two attached hydrogens (primary N) is 1. The van der Waals surface area contributed by atoms with Crippen LogP contribution < -0.4 is 15.4 Å². The summed E-state index contributed by atoms with van der Waals surface area (Å²) >= 11 is 0. The Morgan fingerprint density at radius 1 is 1.09 bits per heavy atom. The molecule has 2 heterocycles. The van der Waals surface area contributed by atoms with Gasteiger partial charge in [-0.1, -0.05) is 26.0 Å². The first-order valence-electron chi connectivity index (χ1n) is 10.4. The number of ether oxygens (including phenoxy) is 1. The molecule has 2 N–H and O–H groups in total. The molecule has 3 aromatic rings. The third-order valence-electron chi connectivity index (χ3n) is 6.17. The number of rotatable bonds is 5. The first-order valence-corrected chi connectivity index (χ1v) is 10.4. The van der Waals surface area contributed by atoms with E-state index in [4.69, 9.17) is 5.73 Å². The lowest BCUT2D eigenvalue weighted by molar-refractivity contribution is -0.274. The highest BCUT2D eigenvalue weighted by molar-refractivity contribution is 5.84. The van der Waals surface area contributed by atoms with Gasteiger partial charge in [-0.05, 0) is 24.5 Å². The van der Waals surface area contributed by atoms with Gasteiger partial charge < -0.3 is 15.4 Å². The molecule has 1 atom stereocenters. The van der Waals surface area contributed by atoms with Crippen molar-refractivity contribution >= 4 is 22.8 Å². The van der Waals surface area contributed by atoms with Crippen molar-refractivity contribution in [2.24, 2.45) is 17.1 Å². The zero-order valence-corrected chi connectivity index (χ0v) is 18.3. The van der Waals surface area contributed by atoms with E-state index in [0.29, 0.717) is 19.5 Å². The van der Waals surface area contributed by atoms with E-state index in [1.165, 1.54) is 12.1 Å². The Bertz CT molecular complexity index is 1260. The lowest BCUT2D eigenvalue weighted by Crippen LogP contribution is -2.39. The number of carbonyl (C=O) groups excluding carboxylic acids is 1. The normalized spacial score (nSPS) is 16.8. The van der Waals surface area contributed by atoms with Crippen LogP contribution in [0, 0.1) is 23.0 Å². The summed E-state index contributed by atoms with van der Waals surface area (Å²) in [4.78, 5) is 22.6. The lowest BCUT2D eigenvalue weighted by atomic mass is 9.78. The molecule has 0 saturated carbocycles. The minimum Gasteiger partial charge on any atom is -0.406 e. The number of carbonyl (C=O) groups is 1. The predicted octanol–water partition coefficient (Wildman–Crippen LogP) is 4.81. The molecule has 180 valence electrons. The van der Waals surface area contributed by atoms with Crippen LogP contribution in [0.5, 0.6) is 5.75 Å². The van der Waals surface area contributed by atoms with E-state index < -0.39 is 35.1 Å². The topological polar surface area (TPSA) is 81.3 Å². The summed E-state index contributed by atoms with van der Waals surface area (Å²) < 4.78 is 69.9. The molecule has 11 heteroatoms. The zero-order chi connectivity index (χ0) is 24.8. The Kier molecular flexibility index (Phi) is 5.82. The third kappa shape index (κ3) is 4.59. The molecule has 4 rings (SSSR count). The Morgan fingerprint density at radius 3 is 2.35 bits per heavy atom. The van der Waals surface area contributed by atoms with E-state index in [2.05, 4.69) is 14.7 Å². The van der Waals surface area contributed by atoms with Gasteiger partial charge in [0.1, 0.15) is 11.4 Å². The van der Waals surface area contributed by atoms with Crippen molar-refractivity contribution in [1.29, 1.82) is 0 Å². The number of aromatic nitrogens is 2. The number of anilines is 1. The summed E-state index contributed by atoms with van der Waals surface area (Å²) in [6, 6.07) is 6.96. The van der Waals surface area contributed by atoms with Crippen LogP contribution in [0.2, 0.25) is 0 Å². The fourth-order valence-electron chi connectivity index (χ4n) is 4.04. The van der Waals surface area contributed by atoms with E-state index in [9.17, 15) is 26.7 Å². The molecule has 0 spiro atoms. The SMILES string of the molecule is CC(C)(C(N)=O)[C@@H]1CCN(c2nc3cc(F)c(F)cc3nc2-c2cccc(OC(F)(F)F)c2)C1. The van der Waals surface area contributed by atoms with E-state index in [-0.39, 0.29) is 34.0 Å². The fourth-order valence-corrected chi connectivity index (χ4v) is 4.04. The quantitative estimate of drug-likeness (QED) is 0.530. The summed E-state index contributed by atoms with van der Waals surface area (Å²) in [5, 5.41) is 0. The van der Waals surface area contributed by atoms with Crippen molar-refractivity contribution in [2.75, 3.05) is 18.0 Å². The standard InChI is InChI=1S/C23H21F5N4O2/c1-22(2,21(29)33)13-6-7-32(11-13)20-19(12-4-3-5-14(8-12)34-23(26,27)28)30-17-9-15(24)16(25)10-18(17)31-20/h3-5,8-10,13H,6-7,11H2,1-2H3,(H2,29,33)/t13-/m1/s1. The van der Waals surface area contributed by atoms with Gasteiger partial charge in [-0.25, -0.2) is 18.7 Å². The minimum absolute atomic E-state index is 0.0352. The number of hydrogen-bond donors (Lipinski definition) is 1. The average molecular weight is 480 g/mol. The maximum absolute atomic E-state index is 13.9. The van der Waals surface area contributed by atoms with Gasteiger partial charge in [0.25, 0.3) is 0 Å². The molecule has 1 fully saturated rings. The highest BCUT2D eigenvalue weighted by Gasteiger charge is 2.40. The number of halogens is 5. The molecule has 6 nitrogen and oxygen atoms in total. The largest absolute Gasteiger partial charge is 0.573 e. The van der Waals surface area contributed by atoms with Gasteiger partial charge in [0.05, 0.1) is 11.0 Å². The number of amides is 1. The molecule has 0 unspecified atom stereocenters. The summed E-state index contributed by atoms with van der Waals surface area (Å²) in [7, 11) is 0. The molecule has 1 aliphatic heterocycles. The second-order valence-corrected chi connectivity index (χ2v) is 8.74. The van der Waals surface area contributed by atoms with Gasteiger partial charge in [-0.15, -0.1) is 13.2 Å². The van der Waals surface area contributed by atoms with Gasteiger partial charge in [0, 0.05) is 36.2 Å². The van der Waals surface area contributed by atoms with Crippen molar-refractivity contribution in [3.05, 3.63) is 48.0 Å². The van der Waals surface area contributed by atoms with Gasteiger partial charge >= 0.3 is 6.36 Å². The molecule has 0 bridgehead atoms. The fraction of sp³-hybridized carbons (Fsp3) is 0.348. The van der Waals surface area contributed by atoms with Crippen LogP contribution in [-0.2, 0) is 4.79 Å². The maximum Gasteiger partial charge on any atom is 0.573 e. The zero-order valence-electron chi connectivity index (χ0n) is 18.3. The third-order valence-corrected chi connectivity index (χ3v) is 6.17. The second kappa shape index (κ2) is 8.37. The summed E-state index contributed by atoms with van der Waals surface area (Å²) in [6.07, 6.45) is -4.29. The van der Waals surface area contributed by atoms with Crippen molar-refractivity contribution in [3.8, 4) is 17.0 Å². The van der Waals surface area contributed by atoms with Crippen LogP contribution in [-0.4, -0.2) is 35.3 Å². The van der Waals surface area contributed by atoms with E-state index >= 15 is 0 Å². The molecule has 1 aliphatic rings. The summed E-state index contributed by atoms with van der Waals surface area (Å²) in [5.74, 6) is -3.00. The van der Waals surface area contributed by atoms with Crippen LogP contribution in [0.15, 0.2) is 36.4 Å². The Morgan fingerprint density at radius 2 is 1.74 bits per heavy atom. The maximum atomic E-state index is 13.9. The van der Waals surface area contributed by atoms with E-state index in [1.807, 2.05) is 4.90 Å². The number of alkyl halides is 3. The number of primary amides is 1. The number of benzene rings is 2. The summed E-state index contributed by atoms with van der Waals surface area (Å²) in [5.41, 5.74) is 5.28. The van der Waals surface area contributed by atoms with Crippen LogP contribution in [0.4, 0.5) is 27.8 Å².